The van der Waals surface area contributed by atoms with Gasteiger partial charge in [0.25, 0.3) is 0 Å². The molecule has 5 heteroatoms. The molecule has 2 fully saturated rings. The van der Waals surface area contributed by atoms with Crippen LogP contribution in [0, 0.1) is 0 Å². The number of benzene rings is 2. The van der Waals surface area contributed by atoms with E-state index in [0.29, 0.717) is 12.3 Å². The lowest BCUT2D eigenvalue weighted by molar-refractivity contribution is 0.175. The van der Waals surface area contributed by atoms with Crippen LogP contribution in [0.1, 0.15) is 65.2 Å². The summed E-state index contributed by atoms with van der Waals surface area (Å²) in [5.41, 5.74) is 4.46. The molecule has 3 heterocycles. The Morgan fingerprint density at radius 2 is 1.09 bits per heavy atom. The van der Waals surface area contributed by atoms with Gasteiger partial charge in [-0.1, -0.05) is 38.8 Å². The van der Waals surface area contributed by atoms with Gasteiger partial charge in [0.2, 0.25) is 0 Å². The topological polar surface area (TPSA) is 43.4 Å². The summed E-state index contributed by atoms with van der Waals surface area (Å²) in [6.07, 6.45) is 11.0. The normalized spacial score (nSPS) is 19.8. The van der Waals surface area contributed by atoms with Crippen molar-refractivity contribution >= 4 is 33.2 Å². The highest BCUT2D eigenvalue weighted by atomic mass is 15.3. The number of likely N-dealkylation sites (tertiary alicyclic amines) is 2. The molecule has 0 bridgehead atoms. The third kappa shape index (κ3) is 5.31. The van der Waals surface area contributed by atoms with Gasteiger partial charge in [0, 0.05) is 48.3 Å². The summed E-state index contributed by atoms with van der Waals surface area (Å²) >= 11 is 0. The monoisotopic (exact) mass is 459 g/mol. The molecule has 0 radical (unpaired) electrons. The molecule has 0 saturated carbocycles. The van der Waals surface area contributed by atoms with E-state index in [1.807, 2.05) is 0 Å². The highest BCUT2D eigenvalue weighted by molar-refractivity contribution is 5.95. The van der Waals surface area contributed by atoms with E-state index in [1.165, 1.54) is 86.9 Å². The van der Waals surface area contributed by atoms with Gasteiger partial charge in [0.05, 0.1) is 23.4 Å². The maximum absolute atomic E-state index is 5.08. The Morgan fingerprint density at radius 3 is 1.50 bits per heavy atom. The van der Waals surface area contributed by atoms with Crippen molar-refractivity contribution in [3.05, 3.63) is 42.5 Å². The van der Waals surface area contributed by atoms with Crippen LogP contribution in [0.5, 0.6) is 0 Å². The first kappa shape index (κ1) is 23.4. The molecule has 2 atom stereocenters. The van der Waals surface area contributed by atoms with Crippen LogP contribution in [0.15, 0.2) is 42.5 Å². The molecule has 2 aliphatic heterocycles. The van der Waals surface area contributed by atoms with Crippen LogP contribution in [0.2, 0.25) is 0 Å². The average molecular weight is 460 g/mol. The van der Waals surface area contributed by atoms with E-state index in [4.69, 9.17) is 4.98 Å². The predicted octanol–water partition coefficient (Wildman–Crippen LogP) is 6.66. The molecular formula is C29H41N5. The second-order valence-electron chi connectivity index (χ2n) is 10.1. The predicted molar refractivity (Wildman–Crippen MR) is 146 cm³/mol. The van der Waals surface area contributed by atoms with Gasteiger partial charge in [-0.2, -0.15) is 0 Å². The summed E-state index contributed by atoms with van der Waals surface area (Å²) in [6, 6.07) is 15.6. The smallest absolute Gasteiger partial charge is 0.0790 e. The SMILES string of the molecule is CCC(Nc1ccc2cc3ccc(NC(CC)N4CCCCC4)cc3nc2c1)N1CCCCC1. The molecule has 1 aromatic heterocycles. The van der Waals surface area contributed by atoms with Crippen LogP contribution in [-0.4, -0.2) is 53.3 Å². The molecule has 2 unspecified atom stereocenters. The summed E-state index contributed by atoms with van der Waals surface area (Å²) in [6.45, 7) is 9.37. The van der Waals surface area contributed by atoms with Crippen molar-refractivity contribution in [1.29, 1.82) is 0 Å². The number of nitrogens with one attached hydrogen (secondary N) is 2. The van der Waals surface area contributed by atoms with Crippen molar-refractivity contribution < 1.29 is 0 Å². The van der Waals surface area contributed by atoms with Crippen LogP contribution in [0.4, 0.5) is 11.4 Å². The van der Waals surface area contributed by atoms with Gasteiger partial charge in [-0.15, -0.1) is 0 Å². The number of pyridine rings is 1. The van der Waals surface area contributed by atoms with Gasteiger partial charge in [0.15, 0.2) is 0 Å². The van der Waals surface area contributed by atoms with E-state index in [0.717, 1.165) is 23.9 Å². The van der Waals surface area contributed by atoms with Crippen molar-refractivity contribution in [2.75, 3.05) is 36.8 Å². The molecule has 5 rings (SSSR count). The van der Waals surface area contributed by atoms with E-state index in [1.54, 1.807) is 0 Å². The maximum atomic E-state index is 5.08. The number of rotatable bonds is 8. The van der Waals surface area contributed by atoms with E-state index < -0.39 is 0 Å². The van der Waals surface area contributed by atoms with Crippen molar-refractivity contribution in [1.82, 2.24) is 14.8 Å². The van der Waals surface area contributed by atoms with Crippen LogP contribution >= 0.6 is 0 Å². The molecule has 2 aliphatic rings. The number of anilines is 2. The third-order valence-corrected chi connectivity index (χ3v) is 7.72. The number of fused-ring (bicyclic) bond motifs is 2. The summed E-state index contributed by atoms with van der Waals surface area (Å²) in [5.74, 6) is 0. The van der Waals surface area contributed by atoms with Crippen LogP contribution in [-0.2, 0) is 0 Å². The first-order chi connectivity index (χ1) is 16.7. The molecule has 34 heavy (non-hydrogen) atoms. The molecule has 2 saturated heterocycles. The van der Waals surface area contributed by atoms with E-state index in [9.17, 15) is 0 Å². The molecule has 0 amide bonds. The summed E-state index contributed by atoms with van der Waals surface area (Å²) in [7, 11) is 0. The molecule has 2 aromatic carbocycles. The molecule has 5 nitrogen and oxygen atoms in total. The van der Waals surface area contributed by atoms with Crippen molar-refractivity contribution in [2.45, 2.75) is 77.5 Å². The average Bonchev–Trinajstić information content (AvgIpc) is 2.90. The molecule has 0 spiro atoms. The summed E-state index contributed by atoms with van der Waals surface area (Å²) < 4.78 is 0. The molecule has 2 N–H and O–H groups in total. The zero-order chi connectivity index (χ0) is 23.3. The fraction of sp³-hybridized carbons (Fsp3) is 0.552. The van der Waals surface area contributed by atoms with Gasteiger partial charge in [-0.3, -0.25) is 9.80 Å². The Kier molecular flexibility index (Phi) is 7.51. The van der Waals surface area contributed by atoms with Crippen LogP contribution in [0.3, 0.4) is 0 Å². The quantitative estimate of drug-likeness (QED) is 0.369. The van der Waals surface area contributed by atoms with Crippen molar-refractivity contribution in [3.8, 4) is 0 Å². The molecular weight excluding hydrogens is 418 g/mol. The zero-order valence-electron chi connectivity index (χ0n) is 21.0. The standard InChI is InChI=1S/C29H41N5/c1-3-28(33-15-7-5-8-16-33)30-24-13-11-22-19-23-12-14-25(21-27(23)32-26(22)20-24)31-29(4-2)34-17-9-6-10-18-34/h11-14,19-21,28-31H,3-10,15-18H2,1-2H3. The number of hydrogen-bond acceptors (Lipinski definition) is 5. The van der Waals surface area contributed by atoms with Gasteiger partial charge in [-0.25, -0.2) is 4.98 Å². The highest BCUT2D eigenvalue weighted by Crippen LogP contribution is 2.27. The van der Waals surface area contributed by atoms with Crippen molar-refractivity contribution in [2.24, 2.45) is 0 Å². The Morgan fingerprint density at radius 1 is 0.647 bits per heavy atom. The molecule has 0 aliphatic carbocycles. The number of aromatic nitrogens is 1. The maximum Gasteiger partial charge on any atom is 0.0790 e. The van der Waals surface area contributed by atoms with Gasteiger partial charge >= 0.3 is 0 Å². The summed E-state index contributed by atoms with van der Waals surface area (Å²) in [4.78, 5) is 10.3. The number of hydrogen-bond donors (Lipinski definition) is 2. The molecule has 3 aromatic rings. The van der Waals surface area contributed by atoms with Gasteiger partial charge in [-0.05, 0) is 68.9 Å². The van der Waals surface area contributed by atoms with E-state index in [2.05, 4.69) is 76.7 Å². The second-order valence-corrected chi connectivity index (χ2v) is 10.1. The highest BCUT2D eigenvalue weighted by Gasteiger charge is 2.20. The minimum atomic E-state index is 0.398. The van der Waals surface area contributed by atoms with Crippen molar-refractivity contribution in [3.63, 3.8) is 0 Å². The molecule has 182 valence electrons. The lowest BCUT2D eigenvalue weighted by Crippen LogP contribution is -2.43. The van der Waals surface area contributed by atoms with Crippen LogP contribution < -0.4 is 10.6 Å². The Labute approximate surface area is 204 Å². The second kappa shape index (κ2) is 10.9. The lowest BCUT2D eigenvalue weighted by Gasteiger charge is -2.35. The van der Waals surface area contributed by atoms with Gasteiger partial charge < -0.3 is 10.6 Å². The number of nitrogens with zero attached hydrogens (tertiary/aromatic N) is 3. The minimum absolute atomic E-state index is 0.398. The van der Waals surface area contributed by atoms with E-state index >= 15 is 0 Å². The van der Waals surface area contributed by atoms with Gasteiger partial charge in [0.1, 0.15) is 0 Å². The lowest BCUT2D eigenvalue weighted by atomic mass is 10.1. The van der Waals surface area contributed by atoms with Crippen LogP contribution in [0.25, 0.3) is 21.8 Å². The number of piperidine rings is 2. The minimum Gasteiger partial charge on any atom is -0.370 e. The Hall–Kier alpha value is -2.37. The fourth-order valence-electron chi connectivity index (χ4n) is 5.75. The van der Waals surface area contributed by atoms with E-state index in [-0.39, 0.29) is 0 Å². The largest absolute Gasteiger partial charge is 0.370 e. The Bertz CT molecular complexity index is 1000. The first-order valence-corrected chi connectivity index (χ1v) is 13.6. The fourth-order valence-corrected chi connectivity index (χ4v) is 5.75. The third-order valence-electron chi connectivity index (χ3n) is 7.72. The Balaban J connectivity index is 1.36. The summed E-state index contributed by atoms with van der Waals surface area (Å²) in [5, 5.41) is 9.97. The first-order valence-electron chi connectivity index (χ1n) is 13.6. The zero-order valence-corrected chi connectivity index (χ0v) is 21.0.